The Labute approximate surface area is 120 Å². The van der Waals surface area contributed by atoms with Crippen LogP contribution in [0.25, 0.3) is 0 Å². The molecule has 0 N–H and O–H groups in total. The zero-order valence-electron chi connectivity index (χ0n) is 10.7. The molecule has 98 valence electrons. The summed E-state index contributed by atoms with van der Waals surface area (Å²) in [7, 11) is 1.47. The standard InChI is InChI=1S/C13H15IO4/c1-13(2,3)12(16)18-11-9(14)5-8(7-15)6-10(11)17-4/h5-7H,1-4H3. The van der Waals surface area contributed by atoms with Crippen LogP contribution in [-0.2, 0) is 4.79 Å². The molecule has 0 heterocycles. The summed E-state index contributed by atoms with van der Waals surface area (Å²) in [6.07, 6.45) is 0.722. The van der Waals surface area contributed by atoms with Crippen molar-refractivity contribution in [3.05, 3.63) is 21.3 Å². The van der Waals surface area contributed by atoms with Crippen LogP contribution in [0.5, 0.6) is 11.5 Å². The van der Waals surface area contributed by atoms with Crippen molar-refractivity contribution in [2.45, 2.75) is 20.8 Å². The Morgan fingerprint density at radius 2 is 1.94 bits per heavy atom. The van der Waals surface area contributed by atoms with Gasteiger partial charge in [0.25, 0.3) is 0 Å². The molecule has 0 aromatic heterocycles. The van der Waals surface area contributed by atoms with Gasteiger partial charge >= 0.3 is 5.97 Å². The van der Waals surface area contributed by atoms with Gasteiger partial charge in [0.05, 0.1) is 16.1 Å². The molecule has 0 saturated carbocycles. The first-order valence-electron chi connectivity index (χ1n) is 5.34. The van der Waals surface area contributed by atoms with Crippen LogP contribution in [0.2, 0.25) is 0 Å². The van der Waals surface area contributed by atoms with Crippen LogP contribution in [0.4, 0.5) is 0 Å². The number of rotatable bonds is 3. The van der Waals surface area contributed by atoms with Crippen molar-refractivity contribution in [2.24, 2.45) is 5.41 Å². The third kappa shape index (κ3) is 3.44. The number of carbonyl (C=O) groups excluding carboxylic acids is 2. The first kappa shape index (κ1) is 14.9. The number of benzene rings is 1. The molecule has 4 nitrogen and oxygen atoms in total. The minimum absolute atomic E-state index is 0.349. The highest BCUT2D eigenvalue weighted by Crippen LogP contribution is 2.35. The average Bonchev–Trinajstić information content (AvgIpc) is 2.29. The molecule has 0 aliphatic heterocycles. The lowest BCUT2D eigenvalue weighted by molar-refractivity contribution is -0.143. The molecule has 0 spiro atoms. The van der Waals surface area contributed by atoms with E-state index in [1.165, 1.54) is 7.11 Å². The van der Waals surface area contributed by atoms with Crippen LogP contribution in [0.3, 0.4) is 0 Å². The molecule has 18 heavy (non-hydrogen) atoms. The van der Waals surface area contributed by atoms with Crippen molar-refractivity contribution in [3.63, 3.8) is 0 Å². The first-order valence-corrected chi connectivity index (χ1v) is 6.42. The summed E-state index contributed by atoms with van der Waals surface area (Å²) in [5.41, 5.74) is -0.121. The molecule has 0 radical (unpaired) electrons. The molecule has 0 bridgehead atoms. The summed E-state index contributed by atoms with van der Waals surface area (Å²) in [6.45, 7) is 5.32. The van der Waals surface area contributed by atoms with Crippen LogP contribution in [0.15, 0.2) is 12.1 Å². The highest BCUT2D eigenvalue weighted by atomic mass is 127. The Bertz CT molecular complexity index is 475. The Morgan fingerprint density at radius 1 is 1.33 bits per heavy atom. The van der Waals surface area contributed by atoms with E-state index < -0.39 is 5.41 Å². The minimum Gasteiger partial charge on any atom is -0.493 e. The Kier molecular flexibility index (Phi) is 4.72. The van der Waals surface area contributed by atoms with E-state index in [0.717, 1.165) is 6.29 Å². The van der Waals surface area contributed by atoms with Gasteiger partial charge in [0.15, 0.2) is 11.5 Å². The molecule has 0 saturated heterocycles. The Balaban J connectivity index is 3.16. The van der Waals surface area contributed by atoms with Crippen LogP contribution in [0, 0.1) is 8.99 Å². The molecule has 0 atom stereocenters. The van der Waals surface area contributed by atoms with Crippen molar-refractivity contribution in [1.82, 2.24) is 0 Å². The van der Waals surface area contributed by atoms with E-state index in [-0.39, 0.29) is 5.97 Å². The van der Waals surface area contributed by atoms with Crippen molar-refractivity contribution >= 4 is 34.8 Å². The number of hydrogen-bond donors (Lipinski definition) is 0. The van der Waals surface area contributed by atoms with Crippen LogP contribution in [0.1, 0.15) is 31.1 Å². The maximum atomic E-state index is 11.9. The number of hydrogen-bond acceptors (Lipinski definition) is 4. The molecule has 1 aromatic carbocycles. The Hall–Kier alpha value is -1.11. The second kappa shape index (κ2) is 5.69. The molecule has 1 aromatic rings. The van der Waals surface area contributed by atoms with Crippen molar-refractivity contribution in [1.29, 1.82) is 0 Å². The second-order valence-corrected chi connectivity index (χ2v) is 5.95. The largest absolute Gasteiger partial charge is 0.493 e. The third-order valence-corrected chi connectivity index (χ3v) is 3.00. The van der Waals surface area contributed by atoms with Crippen LogP contribution in [-0.4, -0.2) is 19.4 Å². The number of esters is 1. The third-order valence-electron chi connectivity index (χ3n) is 2.19. The van der Waals surface area contributed by atoms with E-state index in [1.807, 2.05) is 22.6 Å². The van der Waals surface area contributed by atoms with Gasteiger partial charge in [-0.05, 0) is 55.5 Å². The van der Waals surface area contributed by atoms with Gasteiger partial charge in [-0.3, -0.25) is 9.59 Å². The van der Waals surface area contributed by atoms with E-state index in [9.17, 15) is 9.59 Å². The number of aldehydes is 1. The van der Waals surface area contributed by atoms with Crippen LogP contribution >= 0.6 is 22.6 Å². The zero-order chi connectivity index (χ0) is 13.9. The monoisotopic (exact) mass is 362 g/mol. The lowest BCUT2D eigenvalue weighted by Crippen LogP contribution is -2.26. The number of methoxy groups -OCH3 is 1. The summed E-state index contributed by atoms with van der Waals surface area (Å²) in [5.74, 6) is 0.378. The molecule has 0 fully saturated rings. The van der Waals surface area contributed by atoms with Crippen molar-refractivity contribution < 1.29 is 19.1 Å². The maximum Gasteiger partial charge on any atom is 0.316 e. The average molecular weight is 362 g/mol. The fraction of sp³-hybridized carbons (Fsp3) is 0.385. The molecule has 0 aliphatic rings. The smallest absolute Gasteiger partial charge is 0.316 e. The van der Waals surface area contributed by atoms with Gasteiger partial charge in [-0.25, -0.2) is 0 Å². The zero-order valence-corrected chi connectivity index (χ0v) is 12.9. The van der Waals surface area contributed by atoms with Crippen molar-refractivity contribution in [2.75, 3.05) is 7.11 Å². The number of halogens is 1. The lowest BCUT2D eigenvalue weighted by atomic mass is 9.97. The summed E-state index contributed by atoms with van der Waals surface area (Å²) >= 11 is 2.00. The van der Waals surface area contributed by atoms with Gasteiger partial charge in [0.1, 0.15) is 6.29 Å². The topological polar surface area (TPSA) is 52.6 Å². The van der Waals surface area contributed by atoms with Gasteiger partial charge in [0, 0.05) is 5.56 Å². The van der Waals surface area contributed by atoms with E-state index in [0.29, 0.717) is 20.6 Å². The molecule has 0 aliphatic carbocycles. The van der Waals surface area contributed by atoms with Gasteiger partial charge in [-0.2, -0.15) is 0 Å². The highest BCUT2D eigenvalue weighted by Gasteiger charge is 2.26. The first-order chi connectivity index (χ1) is 8.29. The quantitative estimate of drug-likeness (QED) is 0.359. The van der Waals surface area contributed by atoms with E-state index >= 15 is 0 Å². The van der Waals surface area contributed by atoms with E-state index in [4.69, 9.17) is 9.47 Å². The highest BCUT2D eigenvalue weighted by molar-refractivity contribution is 14.1. The fourth-order valence-corrected chi connectivity index (χ4v) is 1.89. The van der Waals surface area contributed by atoms with Crippen molar-refractivity contribution in [3.8, 4) is 11.5 Å². The molecule has 0 unspecified atom stereocenters. The number of carbonyl (C=O) groups is 2. The number of ether oxygens (including phenoxy) is 2. The minimum atomic E-state index is -0.600. The normalized spacial score (nSPS) is 10.9. The second-order valence-electron chi connectivity index (χ2n) is 4.79. The summed E-state index contributed by atoms with van der Waals surface area (Å²) < 4.78 is 11.1. The maximum absolute atomic E-state index is 11.9. The lowest BCUT2D eigenvalue weighted by Gasteiger charge is -2.18. The van der Waals surface area contributed by atoms with E-state index in [1.54, 1.807) is 32.9 Å². The molecule has 5 heteroatoms. The van der Waals surface area contributed by atoms with E-state index in [2.05, 4.69) is 0 Å². The molecular formula is C13H15IO4. The summed E-state index contributed by atoms with van der Waals surface area (Å²) in [5, 5.41) is 0. The van der Waals surface area contributed by atoms with Gasteiger partial charge in [-0.15, -0.1) is 0 Å². The van der Waals surface area contributed by atoms with Gasteiger partial charge < -0.3 is 9.47 Å². The molecular weight excluding hydrogens is 347 g/mol. The predicted molar refractivity (Wildman–Crippen MR) is 76.2 cm³/mol. The predicted octanol–water partition coefficient (Wildman–Crippen LogP) is 3.06. The SMILES string of the molecule is COc1cc(C=O)cc(I)c1OC(=O)C(C)(C)C. The molecule has 0 amide bonds. The summed E-state index contributed by atoms with van der Waals surface area (Å²) in [4.78, 5) is 22.6. The molecule has 1 rings (SSSR count). The van der Waals surface area contributed by atoms with Gasteiger partial charge in [0.2, 0.25) is 0 Å². The fourth-order valence-electron chi connectivity index (χ4n) is 1.15. The van der Waals surface area contributed by atoms with Crippen LogP contribution < -0.4 is 9.47 Å². The Morgan fingerprint density at radius 3 is 2.39 bits per heavy atom. The summed E-state index contributed by atoms with van der Waals surface area (Å²) in [6, 6.07) is 3.18. The van der Waals surface area contributed by atoms with Gasteiger partial charge in [-0.1, -0.05) is 0 Å².